The van der Waals surface area contributed by atoms with Gasteiger partial charge in [-0.25, -0.2) is 17.5 Å². The number of anilines is 1. The Bertz CT molecular complexity index is 1350. The van der Waals surface area contributed by atoms with E-state index in [9.17, 15) is 26.0 Å². The molecule has 12 heteroatoms. The van der Waals surface area contributed by atoms with Crippen molar-refractivity contribution in [3.63, 3.8) is 0 Å². The number of benzene rings is 2. The summed E-state index contributed by atoms with van der Waals surface area (Å²) in [6.07, 6.45) is -4.75. The summed E-state index contributed by atoms with van der Waals surface area (Å²) in [7, 11) is -4.28. The van der Waals surface area contributed by atoms with E-state index in [0.29, 0.717) is 0 Å². The molecule has 0 radical (unpaired) electrons. The van der Waals surface area contributed by atoms with Gasteiger partial charge in [0.25, 0.3) is 0 Å². The Labute approximate surface area is 190 Å². The molecule has 1 aromatic heterocycles. The lowest BCUT2D eigenvalue weighted by Gasteiger charge is -2.30. The van der Waals surface area contributed by atoms with Crippen LogP contribution in [0.25, 0.3) is 0 Å². The van der Waals surface area contributed by atoms with Gasteiger partial charge in [-0.3, -0.25) is 0 Å². The van der Waals surface area contributed by atoms with E-state index in [1.165, 1.54) is 25.1 Å². The van der Waals surface area contributed by atoms with Gasteiger partial charge in [0.05, 0.1) is 19.8 Å². The predicted octanol–water partition coefficient (Wildman–Crippen LogP) is 6.07. The van der Waals surface area contributed by atoms with Gasteiger partial charge in [0.1, 0.15) is 17.7 Å². The van der Waals surface area contributed by atoms with E-state index >= 15 is 0 Å². The van der Waals surface area contributed by atoms with Gasteiger partial charge in [-0.15, -0.1) is 0 Å². The quantitative estimate of drug-likeness (QED) is 0.346. The summed E-state index contributed by atoms with van der Waals surface area (Å²) in [4.78, 5) is -0.487. The van der Waals surface area contributed by atoms with Crippen LogP contribution >= 0.6 is 23.2 Å². The highest BCUT2D eigenvalue weighted by Gasteiger charge is 2.41. The monoisotopic (exact) mass is 505 g/mol. The Kier molecular flexibility index (Phi) is 5.51. The maximum absolute atomic E-state index is 13.5. The van der Waals surface area contributed by atoms with Crippen molar-refractivity contribution >= 4 is 38.9 Å². The van der Waals surface area contributed by atoms with Crippen LogP contribution in [0.15, 0.2) is 64.0 Å². The van der Waals surface area contributed by atoms with Crippen molar-refractivity contribution in [2.24, 2.45) is 0 Å². The maximum Gasteiger partial charge on any atom is 0.435 e. The number of aromatic nitrogens is 2. The van der Waals surface area contributed by atoms with Crippen LogP contribution in [0.2, 0.25) is 10.0 Å². The van der Waals surface area contributed by atoms with Crippen LogP contribution < -0.4 is 5.32 Å². The van der Waals surface area contributed by atoms with Crippen molar-refractivity contribution in [1.29, 1.82) is 0 Å². The lowest BCUT2D eigenvalue weighted by atomic mass is 10.0. The van der Waals surface area contributed by atoms with E-state index in [1.54, 1.807) is 0 Å². The number of nitrogens with one attached hydrogen (secondary N) is 1. The molecule has 2 aromatic carbocycles. The van der Waals surface area contributed by atoms with Crippen molar-refractivity contribution in [2.75, 3.05) is 5.32 Å². The third-order valence-corrected chi connectivity index (χ3v) is 7.62. The molecule has 4 rings (SSSR count). The van der Waals surface area contributed by atoms with Gasteiger partial charge in [0.15, 0.2) is 5.69 Å². The molecule has 0 spiro atoms. The molecule has 0 bridgehead atoms. The molecular formula is C20H13Cl2F4N3O2S. The van der Waals surface area contributed by atoms with Crippen molar-refractivity contribution in [1.82, 2.24) is 9.78 Å². The third kappa shape index (κ3) is 3.87. The fraction of sp³-hybridized carbons (Fsp3) is 0.150. The second kappa shape index (κ2) is 7.79. The van der Waals surface area contributed by atoms with Crippen molar-refractivity contribution < 1.29 is 26.0 Å². The molecule has 1 atom stereocenters. The number of hydrogen-bond donors (Lipinski definition) is 1. The first kappa shape index (κ1) is 22.6. The van der Waals surface area contributed by atoms with Gasteiger partial charge in [-0.2, -0.15) is 18.3 Å². The van der Waals surface area contributed by atoms with Gasteiger partial charge in [0.2, 0.25) is 9.84 Å². The van der Waals surface area contributed by atoms with Crippen molar-refractivity contribution in [2.45, 2.75) is 24.0 Å². The highest BCUT2D eigenvalue weighted by atomic mass is 35.5. The van der Waals surface area contributed by atoms with Crippen LogP contribution in [0.1, 0.15) is 24.2 Å². The first-order chi connectivity index (χ1) is 14.9. The summed E-state index contributed by atoms with van der Waals surface area (Å²) in [6, 6.07) is 7.85. The van der Waals surface area contributed by atoms with Crippen molar-refractivity contribution in [3.8, 4) is 0 Å². The zero-order chi connectivity index (χ0) is 23.4. The number of sulfone groups is 1. The summed E-state index contributed by atoms with van der Waals surface area (Å²) in [6.45, 7) is 1.42. The normalized spacial score (nSPS) is 16.7. The minimum Gasteiger partial charge on any atom is -0.343 e. The number of rotatable bonds is 3. The minimum absolute atomic E-state index is 0.0519. The molecule has 1 N–H and O–H groups in total. The third-order valence-electron chi connectivity index (χ3n) is 4.88. The number of nitrogens with zero attached hydrogens (tertiary/aromatic N) is 2. The van der Waals surface area contributed by atoms with Crippen LogP contribution in [-0.2, 0) is 16.0 Å². The summed E-state index contributed by atoms with van der Waals surface area (Å²) >= 11 is 12.1. The second-order valence-corrected chi connectivity index (χ2v) is 9.74. The lowest BCUT2D eigenvalue weighted by Crippen LogP contribution is -2.28. The molecule has 0 fully saturated rings. The average molecular weight is 506 g/mol. The molecule has 3 aromatic rings. The SMILES string of the molecule is CC1=C(S(=O)(=O)c2ccc(F)cc2)C(c2ccc(Cl)c(Cl)c2)n2nc(C(F)(F)F)cc2N1. The highest BCUT2D eigenvalue weighted by molar-refractivity contribution is 7.95. The lowest BCUT2D eigenvalue weighted by molar-refractivity contribution is -0.141. The Hall–Kier alpha value is -2.56. The molecule has 5 nitrogen and oxygen atoms in total. The summed E-state index contributed by atoms with van der Waals surface area (Å²) < 4.78 is 81.4. The molecule has 0 saturated carbocycles. The number of halogens is 6. The molecule has 1 aliphatic rings. The first-order valence-electron chi connectivity index (χ1n) is 8.99. The number of allylic oxidation sites excluding steroid dienone is 2. The van der Waals surface area contributed by atoms with Crippen LogP contribution in [-0.4, -0.2) is 18.2 Å². The van der Waals surface area contributed by atoms with E-state index in [1.807, 2.05) is 0 Å². The second-order valence-electron chi connectivity index (χ2n) is 7.00. The van der Waals surface area contributed by atoms with E-state index in [0.717, 1.165) is 35.0 Å². The fourth-order valence-corrected chi connectivity index (χ4v) is 5.50. The number of hydrogen-bond acceptors (Lipinski definition) is 4. The van der Waals surface area contributed by atoms with Gasteiger partial charge >= 0.3 is 6.18 Å². The number of fused-ring (bicyclic) bond motifs is 1. The summed E-state index contributed by atoms with van der Waals surface area (Å²) in [5.41, 5.74) is -0.858. The van der Waals surface area contributed by atoms with Gasteiger partial charge in [-0.05, 0) is 48.9 Å². The van der Waals surface area contributed by atoms with Crippen LogP contribution in [0.3, 0.4) is 0 Å². The molecule has 2 heterocycles. The zero-order valence-electron chi connectivity index (χ0n) is 16.1. The molecule has 1 aliphatic heterocycles. The van der Waals surface area contributed by atoms with E-state index in [2.05, 4.69) is 10.4 Å². The summed E-state index contributed by atoms with van der Waals surface area (Å²) in [5, 5.41) is 6.59. The highest BCUT2D eigenvalue weighted by Crippen LogP contribution is 2.43. The molecule has 0 saturated heterocycles. The predicted molar refractivity (Wildman–Crippen MR) is 112 cm³/mol. The van der Waals surface area contributed by atoms with E-state index in [4.69, 9.17) is 23.2 Å². The molecule has 1 unspecified atom stereocenters. The maximum atomic E-state index is 13.5. The summed E-state index contributed by atoms with van der Waals surface area (Å²) in [5.74, 6) is -0.689. The van der Waals surface area contributed by atoms with Crippen LogP contribution in [0.4, 0.5) is 23.4 Å². The topological polar surface area (TPSA) is 64.0 Å². The largest absolute Gasteiger partial charge is 0.435 e. The van der Waals surface area contributed by atoms with E-state index < -0.39 is 33.6 Å². The average Bonchev–Trinajstić information content (AvgIpc) is 3.13. The fourth-order valence-electron chi connectivity index (χ4n) is 3.46. The Morgan fingerprint density at radius 1 is 1.03 bits per heavy atom. The van der Waals surface area contributed by atoms with Gasteiger partial charge in [0, 0.05) is 11.8 Å². The Morgan fingerprint density at radius 2 is 1.69 bits per heavy atom. The molecule has 0 aliphatic carbocycles. The standard InChI is InChI=1S/C20H13Cl2F4N3O2S/c1-10-19(32(30,31)13-5-3-12(23)4-6-13)18(11-2-7-14(21)15(22)8-11)29-17(27-10)9-16(28-29)20(24,25)26/h2-9,18,27H,1H3. The molecular weight excluding hydrogens is 493 g/mol. The van der Waals surface area contributed by atoms with Crippen molar-refractivity contribution in [3.05, 3.63) is 86.3 Å². The van der Waals surface area contributed by atoms with Gasteiger partial charge < -0.3 is 5.32 Å². The Balaban J connectivity index is 1.97. The first-order valence-corrected chi connectivity index (χ1v) is 11.2. The number of alkyl halides is 3. The minimum atomic E-state index is -4.75. The molecule has 168 valence electrons. The van der Waals surface area contributed by atoms with Crippen LogP contribution in [0, 0.1) is 5.82 Å². The van der Waals surface area contributed by atoms with Gasteiger partial charge in [-0.1, -0.05) is 29.3 Å². The van der Waals surface area contributed by atoms with E-state index in [-0.39, 0.29) is 36.9 Å². The molecule has 0 amide bonds. The smallest absolute Gasteiger partial charge is 0.343 e. The molecule has 32 heavy (non-hydrogen) atoms. The Morgan fingerprint density at radius 3 is 2.28 bits per heavy atom. The zero-order valence-corrected chi connectivity index (χ0v) is 18.4. The van der Waals surface area contributed by atoms with Crippen LogP contribution in [0.5, 0.6) is 0 Å².